The van der Waals surface area contributed by atoms with E-state index in [1.165, 1.54) is 0 Å². The van der Waals surface area contributed by atoms with Crippen LogP contribution in [0.1, 0.15) is 5.56 Å². The minimum absolute atomic E-state index is 0.0376. The van der Waals surface area contributed by atoms with E-state index >= 15 is 0 Å². The number of anilines is 1. The van der Waals surface area contributed by atoms with Crippen LogP contribution in [0.4, 0.5) is 10.5 Å². The monoisotopic (exact) mass is 254 g/mol. The van der Waals surface area contributed by atoms with Crippen molar-refractivity contribution in [3.63, 3.8) is 0 Å². The number of nitrogens with zero attached hydrogens (tertiary/aromatic N) is 2. The number of halogens is 1. The number of benzene rings is 1. The summed E-state index contributed by atoms with van der Waals surface area (Å²) in [5, 5.41) is 0. The molecule has 1 aliphatic heterocycles. The maximum absolute atomic E-state index is 11.6. The van der Waals surface area contributed by atoms with Crippen molar-refractivity contribution in [2.45, 2.75) is 6.54 Å². The predicted octanol–water partition coefficient (Wildman–Crippen LogP) is 2.45. The number of hydrogen-bond donors (Lipinski definition) is 0. The van der Waals surface area contributed by atoms with Crippen LogP contribution in [-0.2, 0) is 6.54 Å². The van der Waals surface area contributed by atoms with Crippen molar-refractivity contribution >= 4 is 27.6 Å². The molecule has 4 heteroatoms. The van der Waals surface area contributed by atoms with Gasteiger partial charge < -0.3 is 4.90 Å². The van der Waals surface area contributed by atoms with Gasteiger partial charge in [-0.1, -0.05) is 22.0 Å². The van der Waals surface area contributed by atoms with E-state index in [4.69, 9.17) is 0 Å². The molecule has 0 atom stereocenters. The molecule has 0 saturated heterocycles. The van der Waals surface area contributed by atoms with Gasteiger partial charge in [0, 0.05) is 24.1 Å². The molecule has 2 rings (SSSR count). The van der Waals surface area contributed by atoms with Gasteiger partial charge in [-0.05, 0) is 12.1 Å². The van der Waals surface area contributed by atoms with Gasteiger partial charge in [0.25, 0.3) is 0 Å². The lowest BCUT2D eigenvalue weighted by atomic mass is 10.1. The number of fused-ring (bicyclic) bond motifs is 1. The van der Waals surface area contributed by atoms with Crippen LogP contribution in [0.15, 0.2) is 22.7 Å². The quantitative estimate of drug-likeness (QED) is 0.698. The molecule has 0 radical (unpaired) electrons. The Kier molecular flexibility index (Phi) is 2.23. The highest BCUT2D eigenvalue weighted by Gasteiger charge is 2.25. The van der Waals surface area contributed by atoms with Gasteiger partial charge in [0.1, 0.15) is 0 Å². The molecular weight excluding hydrogens is 244 g/mol. The topological polar surface area (TPSA) is 23.6 Å². The molecule has 0 fully saturated rings. The maximum Gasteiger partial charge on any atom is 0.324 e. The summed E-state index contributed by atoms with van der Waals surface area (Å²) in [5.74, 6) is 0. The molecule has 1 aromatic carbocycles. The highest BCUT2D eigenvalue weighted by molar-refractivity contribution is 9.10. The fourth-order valence-electron chi connectivity index (χ4n) is 1.68. The number of rotatable bonds is 0. The normalized spacial score (nSPS) is 15.8. The standard InChI is InChI=1S/C10H11BrN2O/c1-12-6-7-8(11)4-3-5-9(7)13(2)10(12)14/h3-5H,6H2,1-2H3. The lowest BCUT2D eigenvalue weighted by Gasteiger charge is -2.33. The summed E-state index contributed by atoms with van der Waals surface area (Å²) >= 11 is 3.49. The van der Waals surface area contributed by atoms with E-state index in [0.717, 1.165) is 15.7 Å². The minimum Gasteiger partial charge on any atom is -0.323 e. The second-order valence-electron chi connectivity index (χ2n) is 3.44. The van der Waals surface area contributed by atoms with Crippen molar-refractivity contribution in [1.82, 2.24) is 4.90 Å². The first kappa shape index (κ1) is 9.52. The minimum atomic E-state index is 0.0376. The Bertz CT molecular complexity index is 392. The van der Waals surface area contributed by atoms with Crippen molar-refractivity contribution in [2.75, 3.05) is 19.0 Å². The van der Waals surface area contributed by atoms with Crippen molar-refractivity contribution < 1.29 is 4.79 Å². The molecule has 0 bridgehead atoms. The Morgan fingerprint density at radius 3 is 2.79 bits per heavy atom. The highest BCUT2D eigenvalue weighted by atomic mass is 79.9. The summed E-state index contributed by atoms with van der Waals surface area (Å²) in [6.45, 7) is 0.667. The molecule has 1 aromatic rings. The van der Waals surface area contributed by atoms with Crippen LogP contribution in [-0.4, -0.2) is 25.0 Å². The zero-order valence-corrected chi connectivity index (χ0v) is 9.71. The summed E-state index contributed by atoms with van der Waals surface area (Å²) < 4.78 is 1.06. The number of urea groups is 1. The number of amides is 2. The average molecular weight is 255 g/mol. The van der Waals surface area contributed by atoms with Gasteiger partial charge in [-0.15, -0.1) is 0 Å². The Labute approximate surface area is 91.4 Å². The number of carbonyl (C=O) groups is 1. The molecule has 0 spiro atoms. The largest absolute Gasteiger partial charge is 0.324 e. The van der Waals surface area contributed by atoms with Crippen molar-refractivity contribution in [1.29, 1.82) is 0 Å². The van der Waals surface area contributed by atoms with Crippen molar-refractivity contribution in [2.24, 2.45) is 0 Å². The van der Waals surface area contributed by atoms with Gasteiger partial charge >= 0.3 is 6.03 Å². The molecule has 0 aliphatic carbocycles. The fourth-order valence-corrected chi connectivity index (χ4v) is 2.16. The Hall–Kier alpha value is -1.03. The third-order valence-corrected chi connectivity index (χ3v) is 3.21. The number of carbonyl (C=O) groups excluding carboxylic acids is 1. The summed E-state index contributed by atoms with van der Waals surface area (Å²) in [6, 6.07) is 5.94. The van der Waals surface area contributed by atoms with Crippen LogP contribution in [0.3, 0.4) is 0 Å². The molecule has 0 N–H and O–H groups in total. The maximum atomic E-state index is 11.6. The SMILES string of the molecule is CN1Cc2c(Br)cccc2N(C)C1=O. The lowest BCUT2D eigenvalue weighted by Crippen LogP contribution is -2.42. The van der Waals surface area contributed by atoms with E-state index in [-0.39, 0.29) is 6.03 Å². The first-order valence-electron chi connectivity index (χ1n) is 4.37. The zero-order chi connectivity index (χ0) is 10.3. The Morgan fingerprint density at radius 1 is 1.36 bits per heavy atom. The molecule has 0 aromatic heterocycles. The molecular formula is C10H11BrN2O. The summed E-state index contributed by atoms with van der Waals surface area (Å²) in [5.41, 5.74) is 2.15. The average Bonchev–Trinajstić information content (AvgIpc) is 2.17. The molecule has 0 unspecified atom stereocenters. The van der Waals surface area contributed by atoms with Crippen LogP contribution in [0.25, 0.3) is 0 Å². The molecule has 14 heavy (non-hydrogen) atoms. The molecule has 74 valence electrons. The highest BCUT2D eigenvalue weighted by Crippen LogP contribution is 2.32. The van der Waals surface area contributed by atoms with Gasteiger partial charge in [-0.2, -0.15) is 0 Å². The molecule has 3 nitrogen and oxygen atoms in total. The summed E-state index contributed by atoms with van der Waals surface area (Å²) in [4.78, 5) is 15.0. The third-order valence-electron chi connectivity index (χ3n) is 2.46. The van der Waals surface area contributed by atoms with Crippen LogP contribution < -0.4 is 4.90 Å². The molecule has 2 amide bonds. The van der Waals surface area contributed by atoms with Gasteiger partial charge in [0.15, 0.2) is 0 Å². The van der Waals surface area contributed by atoms with E-state index < -0.39 is 0 Å². The van der Waals surface area contributed by atoms with Crippen LogP contribution in [0, 0.1) is 0 Å². The van der Waals surface area contributed by atoms with E-state index in [2.05, 4.69) is 15.9 Å². The summed E-state index contributed by atoms with van der Waals surface area (Å²) in [7, 11) is 3.60. The van der Waals surface area contributed by atoms with Gasteiger partial charge in [0.05, 0.1) is 12.2 Å². The van der Waals surface area contributed by atoms with Crippen LogP contribution >= 0.6 is 15.9 Å². The summed E-state index contributed by atoms with van der Waals surface area (Å²) in [6.07, 6.45) is 0. The van der Waals surface area contributed by atoms with Gasteiger partial charge in [0.2, 0.25) is 0 Å². The predicted molar refractivity (Wildman–Crippen MR) is 59.4 cm³/mol. The molecule has 0 saturated carbocycles. The van der Waals surface area contributed by atoms with Gasteiger partial charge in [-0.3, -0.25) is 4.90 Å². The Balaban J connectivity index is 2.56. The third kappa shape index (κ3) is 1.30. The Morgan fingerprint density at radius 2 is 2.07 bits per heavy atom. The second kappa shape index (κ2) is 3.28. The molecule has 1 heterocycles. The molecule has 1 aliphatic rings. The number of hydrogen-bond acceptors (Lipinski definition) is 1. The first-order valence-corrected chi connectivity index (χ1v) is 5.17. The lowest BCUT2D eigenvalue weighted by molar-refractivity contribution is 0.212. The van der Waals surface area contributed by atoms with Crippen LogP contribution in [0.5, 0.6) is 0 Å². The van der Waals surface area contributed by atoms with Gasteiger partial charge in [-0.25, -0.2) is 4.79 Å². The van der Waals surface area contributed by atoms with E-state index in [1.807, 2.05) is 18.2 Å². The van der Waals surface area contributed by atoms with E-state index in [1.54, 1.807) is 23.9 Å². The van der Waals surface area contributed by atoms with Crippen molar-refractivity contribution in [3.05, 3.63) is 28.2 Å². The van der Waals surface area contributed by atoms with E-state index in [9.17, 15) is 4.79 Å². The first-order chi connectivity index (χ1) is 6.61. The smallest absolute Gasteiger partial charge is 0.323 e. The second-order valence-corrected chi connectivity index (χ2v) is 4.29. The van der Waals surface area contributed by atoms with Crippen LogP contribution in [0.2, 0.25) is 0 Å². The van der Waals surface area contributed by atoms with Crippen molar-refractivity contribution in [3.8, 4) is 0 Å². The fraction of sp³-hybridized carbons (Fsp3) is 0.300. The zero-order valence-electron chi connectivity index (χ0n) is 8.12. The van der Waals surface area contributed by atoms with E-state index in [0.29, 0.717) is 6.54 Å².